The van der Waals surface area contributed by atoms with Crippen molar-refractivity contribution in [2.24, 2.45) is 5.92 Å². The molecule has 1 aromatic heterocycles. The van der Waals surface area contributed by atoms with E-state index in [4.69, 9.17) is 9.15 Å². The van der Waals surface area contributed by atoms with E-state index in [1.165, 1.54) is 5.56 Å². The van der Waals surface area contributed by atoms with Crippen LogP contribution in [0.1, 0.15) is 51.1 Å². The molecule has 1 aliphatic rings. The van der Waals surface area contributed by atoms with Crippen molar-refractivity contribution in [2.75, 3.05) is 11.9 Å². The molecule has 0 bridgehead atoms. The Labute approximate surface area is 142 Å². The number of carbonyl (C=O) groups is 1. The van der Waals surface area contributed by atoms with E-state index >= 15 is 0 Å². The Kier molecular flexibility index (Phi) is 4.28. The van der Waals surface area contributed by atoms with Crippen molar-refractivity contribution in [3.63, 3.8) is 0 Å². The second-order valence-electron chi connectivity index (χ2n) is 7.49. The monoisotopic (exact) mass is 330 g/mol. The van der Waals surface area contributed by atoms with E-state index in [1.54, 1.807) is 0 Å². The summed E-state index contributed by atoms with van der Waals surface area (Å²) in [4.78, 5) is 17.0. The summed E-state index contributed by atoms with van der Waals surface area (Å²) in [5.74, 6) is 0.497. The molecule has 5 nitrogen and oxygen atoms in total. The molecule has 1 aromatic carbocycles. The van der Waals surface area contributed by atoms with Crippen molar-refractivity contribution < 1.29 is 13.9 Å². The van der Waals surface area contributed by atoms with Crippen molar-refractivity contribution >= 4 is 22.8 Å². The van der Waals surface area contributed by atoms with Crippen LogP contribution in [0, 0.1) is 12.8 Å². The highest BCUT2D eigenvalue weighted by molar-refractivity contribution is 5.84. The zero-order valence-electron chi connectivity index (χ0n) is 15.2. The number of carbonyl (C=O) groups excluding carboxylic acids is 1. The van der Waals surface area contributed by atoms with Gasteiger partial charge in [-0.2, -0.15) is 0 Å². The minimum absolute atomic E-state index is 0.129. The maximum Gasteiger partial charge on any atom is 0.311 e. The van der Waals surface area contributed by atoms with Crippen LogP contribution in [0.25, 0.3) is 11.1 Å². The Bertz CT molecular complexity index is 771. The van der Waals surface area contributed by atoms with Crippen molar-refractivity contribution in [3.05, 3.63) is 23.1 Å². The summed E-state index contributed by atoms with van der Waals surface area (Å²) in [6.45, 7) is 10.4. The fourth-order valence-corrected chi connectivity index (χ4v) is 3.18. The molecule has 1 atom stereocenters. The molecular formula is C19H26N2O3. The van der Waals surface area contributed by atoms with Crippen molar-refractivity contribution in [2.45, 2.75) is 59.5 Å². The summed E-state index contributed by atoms with van der Waals surface area (Å²) in [5.41, 5.74) is 4.71. The van der Waals surface area contributed by atoms with E-state index in [9.17, 15) is 4.79 Å². The van der Waals surface area contributed by atoms with Crippen LogP contribution in [-0.4, -0.2) is 23.1 Å². The minimum Gasteiger partial charge on any atom is -0.460 e. The van der Waals surface area contributed by atoms with E-state index in [0.29, 0.717) is 6.54 Å². The van der Waals surface area contributed by atoms with Gasteiger partial charge in [-0.3, -0.25) is 4.79 Å². The van der Waals surface area contributed by atoms with E-state index in [-0.39, 0.29) is 11.9 Å². The first-order valence-corrected chi connectivity index (χ1v) is 8.67. The molecular weight excluding hydrogens is 304 g/mol. The Morgan fingerprint density at radius 3 is 2.88 bits per heavy atom. The van der Waals surface area contributed by atoms with Crippen molar-refractivity contribution in [1.29, 1.82) is 0 Å². The quantitative estimate of drug-likeness (QED) is 0.843. The van der Waals surface area contributed by atoms with Gasteiger partial charge in [-0.25, -0.2) is 4.98 Å². The molecule has 0 spiro atoms. The summed E-state index contributed by atoms with van der Waals surface area (Å²) >= 11 is 0. The van der Waals surface area contributed by atoms with Gasteiger partial charge in [0.25, 0.3) is 0 Å². The molecule has 0 radical (unpaired) electrons. The van der Waals surface area contributed by atoms with Gasteiger partial charge >= 0.3 is 5.97 Å². The number of hydrogen-bond donors (Lipinski definition) is 1. The lowest BCUT2D eigenvalue weighted by molar-refractivity contribution is -0.159. The zero-order chi connectivity index (χ0) is 17.5. The van der Waals surface area contributed by atoms with Crippen molar-refractivity contribution in [1.82, 2.24) is 4.98 Å². The fourth-order valence-electron chi connectivity index (χ4n) is 3.18. The van der Waals surface area contributed by atoms with Gasteiger partial charge < -0.3 is 14.5 Å². The molecule has 0 fully saturated rings. The number of nitrogens with zero attached hydrogens (tertiary/aromatic N) is 1. The fraction of sp³-hybridized carbons (Fsp3) is 0.579. The molecule has 5 heteroatoms. The second kappa shape index (κ2) is 6.11. The first kappa shape index (κ1) is 16.8. The lowest BCUT2D eigenvalue weighted by atomic mass is 9.97. The first-order chi connectivity index (χ1) is 11.3. The smallest absolute Gasteiger partial charge is 0.311 e. The average Bonchev–Trinajstić information content (AvgIpc) is 2.78. The van der Waals surface area contributed by atoms with Crippen LogP contribution < -0.4 is 5.32 Å². The summed E-state index contributed by atoms with van der Waals surface area (Å²) in [6, 6.07) is 2.02. The second-order valence-corrected chi connectivity index (χ2v) is 7.49. The molecule has 130 valence electrons. The van der Waals surface area contributed by atoms with Gasteiger partial charge in [0.2, 0.25) is 0 Å². The maximum absolute atomic E-state index is 12.4. The Morgan fingerprint density at radius 2 is 2.21 bits per heavy atom. The molecule has 0 saturated carbocycles. The summed E-state index contributed by atoms with van der Waals surface area (Å²) in [7, 11) is 0. The van der Waals surface area contributed by atoms with Gasteiger partial charge in [-0.05, 0) is 51.7 Å². The van der Waals surface area contributed by atoms with Crippen LogP contribution in [0.3, 0.4) is 0 Å². The van der Waals surface area contributed by atoms with E-state index in [1.807, 2.05) is 33.8 Å². The number of aromatic nitrogens is 1. The molecule has 2 heterocycles. The van der Waals surface area contributed by atoms with Gasteiger partial charge in [0.15, 0.2) is 11.5 Å². The Balaban J connectivity index is 1.86. The zero-order valence-corrected chi connectivity index (χ0v) is 15.2. The highest BCUT2D eigenvalue weighted by Gasteiger charge is 2.28. The predicted molar refractivity (Wildman–Crippen MR) is 94.3 cm³/mol. The molecule has 2 aromatic rings. The Hall–Kier alpha value is -2.04. The first-order valence-electron chi connectivity index (χ1n) is 8.67. The van der Waals surface area contributed by atoms with Crippen molar-refractivity contribution in [3.8, 4) is 0 Å². The summed E-state index contributed by atoms with van der Waals surface area (Å²) in [6.07, 6.45) is 2.40. The number of oxazole rings is 1. The van der Waals surface area contributed by atoms with Crippen LogP contribution in [0.5, 0.6) is 0 Å². The topological polar surface area (TPSA) is 64.4 Å². The molecule has 1 N–H and O–H groups in total. The van der Waals surface area contributed by atoms with Crippen LogP contribution >= 0.6 is 0 Å². The number of ether oxygens (including phenoxy) is 1. The minimum atomic E-state index is -0.452. The van der Waals surface area contributed by atoms with E-state index in [2.05, 4.69) is 17.2 Å². The van der Waals surface area contributed by atoms with Crippen LogP contribution in [0.2, 0.25) is 0 Å². The number of esters is 1. The molecule has 0 saturated heterocycles. The number of nitrogens with one attached hydrogen (secondary N) is 1. The van der Waals surface area contributed by atoms with Gasteiger partial charge in [0, 0.05) is 24.7 Å². The molecule has 1 unspecified atom stereocenters. The number of rotatable bonds is 2. The predicted octanol–water partition coefficient (Wildman–Crippen LogP) is 4.01. The molecule has 3 rings (SSSR count). The number of anilines is 1. The standard InChI is InChI=1S/C19H26N2O3/c1-6-16-21-17-11(2)13-8-7-12(18(22)24-19(3,4)5)10-20-14(13)9-15(17)23-16/h9,12,20H,6-8,10H2,1-5H3. The summed E-state index contributed by atoms with van der Waals surface area (Å²) in [5, 5.41) is 3.41. The van der Waals surface area contributed by atoms with Crippen LogP contribution in [0.15, 0.2) is 10.5 Å². The van der Waals surface area contributed by atoms with Gasteiger partial charge in [-0.1, -0.05) is 6.92 Å². The average molecular weight is 330 g/mol. The lowest BCUT2D eigenvalue weighted by Gasteiger charge is -2.23. The third-order valence-electron chi connectivity index (χ3n) is 4.43. The Morgan fingerprint density at radius 1 is 1.46 bits per heavy atom. The largest absolute Gasteiger partial charge is 0.460 e. The van der Waals surface area contributed by atoms with E-state index < -0.39 is 5.60 Å². The normalized spacial score (nSPS) is 18.0. The van der Waals surface area contributed by atoms with Gasteiger partial charge in [-0.15, -0.1) is 0 Å². The highest BCUT2D eigenvalue weighted by Crippen LogP contribution is 2.33. The summed E-state index contributed by atoms with van der Waals surface area (Å²) < 4.78 is 11.3. The van der Waals surface area contributed by atoms with Gasteiger partial charge in [0.05, 0.1) is 5.92 Å². The highest BCUT2D eigenvalue weighted by atomic mass is 16.6. The van der Waals surface area contributed by atoms with Crippen LogP contribution in [0.4, 0.5) is 5.69 Å². The maximum atomic E-state index is 12.4. The SMILES string of the molecule is CCc1nc2c(C)c3c(cc2o1)NCC(C(=O)OC(C)(C)C)CC3. The molecule has 24 heavy (non-hydrogen) atoms. The molecule has 0 aliphatic carbocycles. The van der Waals surface area contributed by atoms with E-state index in [0.717, 1.165) is 47.5 Å². The van der Waals surface area contributed by atoms with Gasteiger partial charge in [0.1, 0.15) is 11.1 Å². The number of benzene rings is 1. The third-order valence-corrected chi connectivity index (χ3v) is 4.43. The number of aryl methyl sites for hydroxylation is 2. The number of hydrogen-bond acceptors (Lipinski definition) is 5. The third kappa shape index (κ3) is 3.25. The molecule has 1 aliphatic heterocycles. The lowest BCUT2D eigenvalue weighted by Crippen LogP contribution is -2.31. The number of fused-ring (bicyclic) bond motifs is 2. The van der Waals surface area contributed by atoms with Crippen LogP contribution in [-0.2, 0) is 22.4 Å². The molecule has 0 amide bonds.